The van der Waals surface area contributed by atoms with E-state index in [9.17, 15) is 9.59 Å². The van der Waals surface area contributed by atoms with Gasteiger partial charge in [-0.05, 0) is 23.9 Å². The molecule has 0 aliphatic carbocycles. The summed E-state index contributed by atoms with van der Waals surface area (Å²) in [6.07, 6.45) is 0.600. The van der Waals surface area contributed by atoms with Crippen molar-refractivity contribution in [2.45, 2.75) is 26.3 Å². The number of halogens is 1. The van der Waals surface area contributed by atoms with Crippen molar-refractivity contribution in [2.24, 2.45) is 11.7 Å². The Kier molecular flexibility index (Phi) is 5.66. The third kappa shape index (κ3) is 6.54. The molecule has 0 fully saturated rings. The van der Waals surface area contributed by atoms with Gasteiger partial charge >= 0.3 is 0 Å². The van der Waals surface area contributed by atoms with Gasteiger partial charge in [-0.1, -0.05) is 13.8 Å². The molecule has 5 heteroatoms. The first-order valence-corrected chi connectivity index (χ1v) is 4.53. The fourth-order valence-corrected chi connectivity index (χ4v) is 0.969. The predicted molar refractivity (Wildman–Crippen MR) is 51.3 cm³/mol. The Hall–Kier alpha value is -0.610. The molecule has 0 heterocycles. The van der Waals surface area contributed by atoms with E-state index in [1.54, 1.807) is 0 Å². The molecule has 0 rings (SSSR count). The fourth-order valence-electron chi connectivity index (χ4n) is 0.903. The van der Waals surface area contributed by atoms with Gasteiger partial charge in [0.15, 0.2) is 0 Å². The van der Waals surface area contributed by atoms with Gasteiger partial charge in [0.05, 0.1) is 12.6 Å². The zero-order chi connectivity index (χ0) is 10.4. The second-order valence-electron chi connectivity index (χ2n) is 3.31. The summed E-state index contributed by atoms with van der Waals surface area (Å²) in [5, 5.41) is 1.75. The topological polar surface area (TPSA) is 72.2 Å². The number of amides is 1. The molecule has 0 aromatic rings. The molecule has 0 bridgehead atoms. The quantitative estimate of drug-likeness (QED) is 0.633. The van der Waals surface area contributed by atoms with Crippen LogP contribution in [-0.4, -0.2) is 23.7 Å². The van der Waals surface area contributed by atoms with Crippen LogP contribution in [0.15, 0.2) is 0 Å². The average molecular weight is 207 g/mol. The first-order valence-electron chi connectivity index (χ1n) is 4.15. The summed E-state index contributed by atoms with van der Waals surface area (Å²) in [5.74, 6) is 0.0233. The molecule has 0 radical (unpaired) electrons. The SMILES string of the molecule is CC(C)C[C@H](N)C(=O)NCC(=O)Cl. The highest BCUT2D eigenvalue weighted by Gasteiger charge is 2.14. The first-order chi connectivity index (χ1) is 5.93. The molecule has 0 saturated carbocycles. The highest BCUT2D eigenvalue weighted by atomic mass is 35.5. The number of hydrogen-bond acceptors (Lipinski definition) is 3. The molecule has 0 saturated heterocycles. The second kappa shape index (κ2) is 5.94. The minimum atomic E-state index is -0.593. The monoisotopic (exact) mass is 206 g/mol. The van der Waals surface area contributed by atoms with Gasteiger partial charge in [-0.2, -0.15) is 0 Å². The highest BCUT2D eigenvalue weighted by Crippen LogP contribution is 2.02. The van der Waals surface area contributed by atoms with Gasteiger partial charge < -0.3 is 11.1 Å². The number of rotatable bonds is 5. The highest BCUT2D eigenvalue weighted by molar-refractivity contribution is 6.64. The van der Waals surface area contributed by atoms with E-state index in [2.05, 4.69) is 5.32 Å². The lowest BCUT2D eigenvalue weighted by molar-refractivity contribution is -0.124. The van der Waals surface area contributed by atoms with Gasteiger partial charge in [-0.3, -0.25) is 9.59 Å². The molecular formula is C8H15ClN2O2. The maximum atomic E-state index is 11.1. The van der Waals surface area contributed by atoms with Crippen molar-refractivity contribution in [3.8, 4) is 0 Å². The van der Waals surface area contributed by atoms with Crippen molar-refractivity contribution in [1.29, 1.82) is 0 Å². The predicted octanol–water partition coefficient (Wildman–Crippen LogP) is 0.241. The van der Waals surface area contributed by atoms with E-state index < -0.39 is 11.3 Å². The van der Waals surface area contributed by atoms with Gasteiger partial charge in [0.25, 0.3) is 0 Å². The molecule has 0 aromatic carbocycles. The zero-order valence-corrected chi connectivity index (χ0v) is 8.60. The molecule has 1 amide bonds. The standard InChI is InChI=1S/C8H15ClN2O2/c1-5(2)3-6(10)8(13)11-4-7(9)12/h5-6H,3-4,10H2,1-2H3,(H,11,13)/t6-/m0/s1. The normalized spacial score (nSPS) is 12.7. The third-order valence-corrected chi connectivity index (χ3v) is 1.60. The summed E-state index contributed by atoms with van der Waals surface area (Å²) in [6, 6.07) is -0.559. The molecule has 1 atom stereocenters. The maximum Gasteiger partial charge on any atom is 0.240 e. The van der Waals surface area contributed by atoms with Crippen molar-refractivity contribution >= 4 is 22.8 Å². The lowest BCUT2D eigenvalue weighted by Gasteiger charge is -2.12. The number of carbonyl (C=O) groups is 2. The largest absolute Gasteiger partial charge is 0.346 e. The Morgan fingerprint density at radius 3 is 2.38 bits per heavy atom. The van der Waals surface area contributed by atoms with Crippen LogP contribution in [0.5, 0.6) is 0 Å². The molecule has 4 nitrogen and oxygen atoms in total. The molecule has 0 unspecified atom stereocenters. The summed E-state index contributed by atoms with van der Waals surface area (Å²) in [6.45, 7) is 3.78. The third-order valence-electron chi connectivity index (χ3n) is 1.46. The van der Waals surface area contributed by atoms with Gasteiger partial charge in [-0.15, -0.1) is 0 Å². The van der Waals surface area contributed by atoms with Crippen LogP contribution < -0.4 is 11.1 Å². The Morgan fingerprint density at radius 1 is 1.46 bits per heavy atom. The van der Waals surface area contributed by atoms with Crippen molar-refractivity contribution < 1.29 is 9.59 Å². The van der Waals surface area contributed by atoms with E-state index in [1.807, 2.05) is 13.8 Å². The summed E-state index contributed by atoms with van der Waals surface area (Å²) in [7, 11) is 0. The number of hydrogen-bond donors (Lipinski definition) is 2. The Morgan fingerprint density at radius 2 is 2.00 bits per heavy atom. The van der Waals surface area contributed by atoms with E-state index in [0.717, 1.165) is 0 Å². The molecular weight excluding hydrogens is 192 g/mol. The lowest BCUT2D eigenvalue weighted by Crippen LogP contribution is -2.42. The van der Waals surface area contributed by atoms with E-state index in [4.69, 9.17) is 17.3 Å². The molecule has 0 aliphatic heterocycles. The van der Waals surface area contributed by atoms with Crippen LogP contribution in [-0.2, 0) is 9.59 Å². The molecule has 76 valence electrons. The van der Waals surface area contributed by atoms with E-state index in [-0.39, 0.29) is 12.5 Å². The van der Waals surface area contributed by atoms with Crippen molar-refractivity contribution in [1.82, 2.24) is 5.32 Å². The smallest absolute Gasteiger partial charge is 0.240 e. The molecule has 0 spiro atoms. The Bertz CT molecular complexity index is 195. The maximum absolute atomic E-state index is 11.1. The summed E-state index contributed by atoms with van der Waals surface area (Å²) >= 11 is 5.04. The summed E-state index contributed by atoms with van der Waals surface area (Å²) in [4.78, 5) is 21.4. The molecule has 3 N–H and O–H groups in total. The Balaban J connectivity index is 3.76. The minimum absolute atomic E-state index is 0.161. The van der Waals surface area contributed by atoms with E-state index >= 15 is 0 Å². The minimum Gasteiger partial charge on any atom is -0.346 e. The second-order valence-corrected chi connectivity index (χ2v) is 3.73. The molecule has 13 heavy (non-hydrogen) atoms. The first kappa shape index (κ1) is 12.4. The Labute approximate surface area is 82.8 Å². The lowest BCUT2D eigenvalue weighted by atomic mass is 10.0. The summed E-state index contributed by atoms with van der Waals surface area (Å²) in [5.41, 5.74) is 5.54. The molecule has 0 aliphatic rings. The van der Waals surface area contributed by atoms with Crippen molar-refractivity contribution in [2.75, 3.05) is 6.54 Å². The van der Waals surface area contributed by atoms with Gasteiger partial charge in [0.2, 0.25) is 11.1 Å². The van der Waals surface area contributed by atoms with Crippen LogP contribution in [0.1, 0.15) is 20.3 Å². The van der Waals surface area contributed by atoms with Crippen LogP contribution in [0.2, 0.25) is 0 Å². The molecule has 0 aromatic heterocycles. The van der Waals surface area contributed by atoms with Crippen LogP contribution >= 0.6 is 11.6 Å². The number of nitrogens with two attached hydrogens (primary N) is 1. The number of nitrogens with one attached hydrogen (secondary N) is 1. The van der Waals surface area contributed by atoms with Crippen LogP contribution in [0.4, 0.5) is 0 Å². The van der Waals surface area contributed by atoms with Gasteiger partial charge in [0.1, 0.15) is 0 Å². The zero-order valence-electron chi connectivity index (χ0n) is 7.84. The number of carbonyl (C=O) groups excluding carboxylic acids is 2. The van der Waals surface area contributed by atoms with Crippen LogP contribution in [0, 0.1) is 5.92 Å². The average Bonchev–Trinajstić information content (AvgIpc) is 1.98. The fraction of sp³-hybridized carbons (Fsp3) is 0.750. The van der Waals surface area contributed by atoms with Crippen LogP contribution in [0.3, 0.4) is 0 Å². The van der Waals surface area contributed by atoms with Gasteiger partial charge in [0, 0.05) is 0 Å². The van der Waals surface area contributed by atoms with Gasteiger partial charge in [-0.25, -0.2) is 0 Å². The van der Waals surface area contributed by atoms with E-state index in [1.165, 1.54) is 0 Å². The van der Waals surface area contributed by atoms with Crippen molar-refractivity contribution in [3.05, 3.63) is 0 Å². The summed E-state index contributed by atoms with van der Waals surface area (Å²) < 4.78 is 0. The van der Waals surface area contributed by atoms with E-state index in [0.29, 0.717) is 12.3 Å². The van der Waals surface area contributed by atoms with Crippen LogP contribution in [0.25, 0.3) is 0 Å². The van der Waals surface area contributed by atoms with Crippen molar-refractivity contribution in [3.63, 3.8) is 0 Å².